The van der Waals surface area contributed by atoms with E-state index in [9.17, 15) is 0 Å². The summed E-state index contributed by atoms with van der Waals surface area (Å²) in [6, 6.07) is 49.4. The molecule has 0 N–H and O–H groups in total. The molecule has 0 saturated heterocycles. The molecule has 0 aliphatic heterocycles. The van der Waals surface area contributed by atoms with E-state index in [0.717, 1.165) is 33.7 Å². The monoisotopic (exact) mass is 642 g/mol. The summed E-state index contributed by atoms with van der Waals surface area (Å²) in [4.78, 5) is 9.59. The second-order valence-corrected chi connectivity index (χ2v) is 13.6. The third-order valence-corrected chi connectivity index (χ3v) is 10.9. The van der Waals surface area contributed by atoms with Gasteiger partial charge in [-0.25, -0.2) is 9.97 Å². The maximum absolute atomic E-state index is 4.79. The Morgan fingerprint density at radius 1 is 0.400 bits per heavy atom. The van der Waals surface area contributed by atoms with Crippen molar-refractivity contribution < 1.29 is 0 Å². The van der Waals surface area contributed by atoms with Crippen LogP contribution in [0, 0.1) is 13.8 Å². The Morgan fingerprint density at radius 3 is 1.34 bits per heavy atom. The molecular formula is C46H34N4. The van der Waals surface area contributed by atoms with Crippen LogP contribution in [0.4, 0.5) is 0 Å². The first-order chi connectivity index (χ1) is 24.4. The standard InChI is InChI=1S/C46H34N4/c1-27-47-41-21-19-31(24-43(41)49(27)3)33-15-9-17-37-39(33)26-40-34(32-20-22-42-44(25-32)50(4)28(2)48-42)16-10-18-38(40)46(37)45-35-13-7-5-11-29(35)23-30-12-6-8-14-36(30)45/h5-26H,1-4H3. The van der Waals surface area contributed by atoms with Crippen LogP contribution in [-0.4, -0.2) is 19.1 Å². The highest BCUT2D eigenvalue weighted by atomic mass is 15.1. The van der Waals surface area contributed by atoms with Crippen LogP contribution in [0.3, 0.4) is 0 Å². The molecular weight excluding hydrogens is 609 g/mol. The Bertz CT molecular complexity index is 2830. The highest BCUT2D eigenvalue weighted by Gasteiger charge is 2.20. The van der Waals surface area contributed by atoms with Crippen LogP contribution in [0.25, 0.3) is 98.5 Å². The second kappa shape index (κ2) is 10.6. The molecule has 4 heteroatoms. The minimum atomic E-state index is 1.01. The summed E-state index contributed by atoms with van der Waals surface area (Å²) in [5, 5.41) is 9.95. The van der Waals surface area contributed by atoms with Gasteiger partial charge in [-0.05, 0) is 127 Å². The summed E-state index contributed by atoms with van der Waals surface area (Å²) < 4.78 is 4.36. The van der Waals surface area contributed by atoms with Gasteiger partial charge < -0.3 is 9.13 Å². The summed E-state index contributed by atoms with van der Waals surface area (Å²) in [6.07, 6.45) is 0. The van der Waals surface area contributed by atoms with Gasteiger partial charge in [-0.2, -0.15) is 0 Å². The predicted octanol–water partition coefficient (Wildman–Crippen LogP) is 11.7. The zero-order chi connectivity index (χ0) is 33.7. The number of rotatable bonds is 3. The molecule has 0 aliphatic rings. The van der Waals surface area contributed by atoms with Gasteiger partial charge in [0.15, 0.2) is 0 Å². The van der Waals surface area contributed by atoms with Gasteiger partial charge in [0.2, 0.25) is 0 Å². The minimum absolute atomic E-state index is 1.01. The number of hydrogen-bond donors (Lipinski definition) is 0. The maximum atomic E-state index is 4.79. The molecule has 10 rings (SSSR count). The van der Waals surface area contributed by atoms with Gasteiger partial charge in [-0.3, -0.25) is 0 Å². The molecule has 0 aliphatic carbocycles. The van der Waals surface area contributed by atoms with Crippen molar-refractivity contribution in [3.8, 4) is 33.4 Å². The minimum Gasteiger partial charge on any atom is -0.331 e. The number of aromatic nitrogens is 4. The van der Waals surface area contributed by atoms with E-state index in [4.69, 9.17) is 9.97 Å². The fraction of sp³-hybridized carbons (Fsp3) is 0.0870. The molecule has 0 fully saturated rings. The van der Waals surface area contributed by atoms with Gasteiger partial charge in [0.1, 0.15) is 11.6 Å². The van der Waals surface area contributed by atoms with E-state index in [1.54, 1.807) is 0 Å². The highest BCUT2D eigenvalue weighted by Crippen LogP contribution is 2.47. The third kappa shape index (κ3) is 4.12. The van der Waals surface area contributed by atoms with Crippen molar-refractivity contribution >= 4 is 65.2 Å². The van der Waals surface area contributed by atoms with Crippen molar-refractivity contribution in [2.24, 2.45) is 14.1 Å². The Balaban J connectivity index is 1.38. The Labute approximate surface area is 289 Å². The molecule has 2 aromatic heterocycles. The lowest BCUT2D eigenvalue weighted by molar-refractivity contribution is 0.886. The average Bonchev–Trinajstić information content (AvgIpc) is 3.60. The highest BCUT2D eigenvalue weighted by molar-refractivity contribution is 6.26. The lowest BCUT2D eigenvalue weighted by atomic mass is 9.83. The Kier molecular flexibility index (Phi) is 6.10. The van der Waals surface area contributed by atoms with Gasteiger partial charge in [-0.15, -0.1) is 0 Å². The lowest BCUT2D eigenvalue weighted by Crippen LogP contribution is -1.93. The topological polar surface area (TPSA) is 35.6 Å². The first-order valence-electron chi connectivity index (χ1n) is 17.2. The summed E-state index contributed by atoms with van der Waals surface area (Å²) in [5.41, 5.74) is 11.6. The molecule has 2 heterocycles. The normalized spacial score (nSPS) is 12.0. The summed E-state index contributed by atoms with van der Waals surface area (Å²) in [5.74, 6) is 2.02. The Morgan fingerprint density at radius 2 is 0.840 bits per heavy atom. The van der Waals surface area contributed by atoms with Crippen molar-refractivity contribution in [3.05, 3.63) is 145 Å². The zero-order valence-electron chi connectivity index (χ0n) is 28.5. The van der Waals surface area contributed by atoms with Crippen LogP contribution in [0.5, 0.6) is 0 Å². The van der Waals surface area contributed by atoms with Crippen LogP contribution < -0.4 is 0 Å². The molecule has 50 heavy (non-hydrogen) atoms. The number of aryl methyl sites for hydroxylation is 4. The largest absolute Gasteiger partial charge is 0.331 e. The first-order valence-corrected chi connectivity index (χ1v) is 17.2. The van der Waals surface area contributed by atoms with Crippen LogP contribution >= 0.6 is 0 Å². The molecule has 10 aromatic rings. The summed E-state index contributed by atoms with van der Waals surface area (Å²) in [7, 11) is 4.20. The van der Waals surface area contributed by atoms with E-state index in [2.05, 4.69) is 171 Å². The third-order valence-electron chi connectivity index (χ3n) is 10.9. The van der Waals surface area contributed by atoms with Crippen molar-refractivity contribution in [1.82, 2.24) is 19.1 Å². The second-order valence-electron chi connectivity index (χ2n) is 13.6. The molecule has 4 nitrogen and oxygen atoms in total. The van der Waals surface area contributed by atoms with Crippen molar-refractivity contribution in [3.63, 3.8) is 0 Å². The predicted molar refractivity (Wildman–Crippen MR) is 211 cm³/mol. The Hall–Kier alpha value is -6.26. The van der Waals surface area contributed by atoms with E-state index in [-0.39, 0.29) is 0 Å². The summed E-state index contributed by atoms with van der Waals surface area (Å²) >= 11 is 0. The van der Waals surface area contributed by atoms with Crippen molar-refractivity contribution in [1.29, 1.82) is 0 Å². The molecule has 0 unspecified atom stereocenters. The molecule has 0 radical (unpaired) electrons. The molecule has 0 amide bonds. The number of hydrogen-bond acceptors (Lipinski definition) is 2. The molecule has 0 atom stereocenters. The number of imidazole rings is 2. The van der Waals surface area contributed by atoms with Crippen molar-refractivity contribution in [2.75, 3.05) is 0 Å². The molecule has 0 spiro atoms. The average molecular weight is 643 g/mol. The van der Waals surface area contributed by atoms with Crippen molar-refractivity contribution in [2.45, 2.75) is 13.8 Å². The summed E-state index contributed by atoms with van der Waals surface area (Å²) in [6.45, 7) is 4.13. The molecule has 238 valence electrons. The molecule has 8 aromatic carbocycles. The van der Waals surface area contributed by atoms with E-state index in [0.29, 0.717) is 0 Å². The van der Waals surface area contributed by atoms with E-state index in [1.807, 2.05) is 0 Å². The van der Waals surface area contributed by atoms with Gasteiger partial charge in [0.05, 0.1) is 22.1 Å². The van der Waals surface area contributed by atoms with E-state index in [1.165, 1.54) is 76.5 Å². The van der Waals surface area contributed by atoms with Crippen LogP contribution in [0.2, 0.25) is 0 Å². The first kappa shape index (κ1) is 28.7. The smallest absolute Gasteiger partial charge is 0.106 e. The number of fused-ring (bicyclic) bond motifs is 6. The van der Waals surface area contributed by atoms with Crippen LogP contribution in [0.15, 0.2) is 133 Å². The van der Waals surface area contributed by atoms with Crippen LogP contribution in [0.1, 0.15) is 11.6 Å². The fourth-order valence-electron chi connectivity index (χ4n) is 8.18. The molecule has 0 bridgehead atoms. The van der Waals surface area contributed by atoms with Gasteiger partial charge in [-0.1, -0.05) is 97.1 Å². The van der Waals surface area contributed by atoms with Gasteiger partial charge >= 0.3 is 0 Å². The fourth-order valence-corrected chi connectivity index (χ4v) is 8.18. The van der Waals surface area contributed by atoms with E-state index < -0.39 is 0 Å². The maximum Gasteiger partial charge on any atom is 0.106 e. The lowest BCUT2D eigenvalue weighted by Gasteiger charge is -2.20. The number of nitrogens with zero attached hydrogens (tertiary/aromatic N) is 4. The van der Waals surface area contributed by atoms with Crippen LogP contribution in [-0.2, 0) is 14.1 Å². The zero-order valence-corrected chi connectivity index (χ0v) is 28.5. The SMILES string of the molecule is Cc1nc2ccc(-c3cccc4c(-c5c6ccccc6cc6ccccc56)c5cccc(-c6ccc7nc(C)n(C)c7c6)c5cc34)cc2n1C. The van der Waals surface area contributed by atoms with E-state index >= 15 is 0 Å². The van der Waals surface area contributed by atoms with Gasteiger partial charge in [0, 0.05) is 14.1 Å². The molecule has 0 saturated carbocycles. The van der Waals surface area contributed by atoms with Gasteiger partial charge in [0.25, 0.3) is 0 Å². The number of benzene rings is 8. The quantitative estimate of drug-likeness (QED) is 0.180.